The minimum absolute atomic E-state index is 0.341. The highest BCUT2D eigenvalue weighted by Crippen LogP contribution is 2.27. The molecule has 92 valence electrons. The van der Waals surface area contributed by atoms with E-state index in [4.69, 9.17) is 9.47 Å². The van der Waals surface area contributed by atoms with Crippen LogP contribution in [0.4, 0.5) is 0 Å². The molecule has 0 aromatic heterocycles. The number of rotatable bonds is 8. The van der Waals surface area contributed by atoms with Gasteiger partial charge in [0, 0.05) is 13.7 Å². The quantitative estimate of drug-likeness (QED) is 0.630. The summed E-state index contributed by atoms with van der Waals surface area (Å²) in [4.78, 5) is 0. The first-order valence-electron chi connectivity index (χ1n) is 5.73. The average molecular weight is 217 g/mol. The normalized spacial score (nSPS) is 14.2. The van der Waals surface area contributed by atoms with Crippen LogP contribution in [-0.4, -0.2) is 40.5 Å². The van der Waals surface area contributed by atoms with Crippen LogP contribution in [0.2, 0.25) is 0 Å². The first-order valence-corrected chi connectivity index (χ1v) is 5.73. The van der Waals surface area contributed by atoms with Gasteiger partial charge in [0.2, 0.25) is 0 Å². The molecule has 3 heteroatoms. The molecule has 0 fully saturated rings. The minimum Gasteiger partial charge on any atom is -0.382 e. The van der Waals surface area contributed by atoms with E-state index in [1.807, 2.05) is 7.05 Å². The number of hydrogen-bond acceptors (Lipinski definition) is 3. The van der Waals surface area contributed by atoms with Gasteiger partial charge < -0.3 is 14.8 Å². The lowest BCUT2D eigenvalue weighted by molar-refractivity contribution is 0.0543. The largest absolute Gasteiger partial charge is 0.382 e. The molecule has 0 rings (SSSR count). The molecule has 0 saturated carbocycles. The highest BCUT2D eigenvalue weighted by Gasteiger charge is 2.23. The van der Waals surface area contributed by atoms with Crippen LogP contribution in [0.15, 0.2) is 0 Å². The minimum atomic E-state index is 0.341. The molecule has 0 aromatic carbocycles. The van der Waals surface area contributed by atoms with Gasteiger partial charge in [-0.3, -0.25) is 0 Å². The van der Waals surface area contributed by atoms with E-state index in [1.54, 1.807) is 7.11 Å². The van der Waals surface area contributed by atoms with Crippen molar-refractivity contribution in [3.05, 3.63) is 0 Å². The molecule has 0 heterocycles. The fourth-order valence-corrected chi connectivity index (χ4v) is 1.56. The average Bonchev–Trinajstić information content (AvgIpc) is 2.14. The summed E-state index contributed by atoms with van der Waals surface area (Å²) in [6.07, 6.45) is 1.11. The van der Waals surface area contributed by atoms with Crippen molar-refractivity contribution in [3.63, 3.8) is 0 Å². The summed E-state index contributed by atoms with van der Waals surface area (Å²) in [5.74, 6) is 0.657. The Hall–Kier alpha value is -0.120. The van der Waals surface area contributed by atoms with Crippen molar-refractivity contribution in [3.8, 4) is 0 Å². The van der Waals surface area contributed by atoms with Gasteiger partial charge >= 0.3 is 0 Å². The van der Waals surface area contributed by atoms with Crippen LogP contribution in [-0.2, 0) is 9.47 Å². The van der Waals surface area contributed by atoms with E-state index in [9.17, 15) is 0 Å². The second kappa shape index (κ2) is 8.08. The number of methoxy groups -OCH3 is 1. The van der Waals surface area contributed by atoms with Crippen LogP contribution in [0.5, 0.6) is 0 Å². The summed E-state index contributed by atoms with van der Waals surface area (Å²) in [5, 5.41) is 3.25. The van der Waals surface area contributed by atoms with Crippen LogP contribution >= 0.6 is 0 Å². The lowest BCUT2D eigenvalue weighted by Gasteiger charge is -2.30. The molecule has 0 aliphatic carbocycles. The van der Waals surface area contributed by atoms with E-state index < -0.39 is 0 Å². The maximum Gasteiger partial charge on any atom is 0.0700 e. The highest BCUT2D eigenvalue weighted by atomic mass is 16.5. The van der Waals surface area contributed by atoms with E-state index in [-0.39, 0.29) is 0 Å². The summed E-state index contributed by atoms with van der Waals surface area (Å²) < 4.78 is 10.4. The first-order chi connectivity index (χ1) is 7.02. The van der Waals surface area contributed by atoms with Gasteiger partial charge in [0.1, 0.15) is 0 Å². The second-order valence-electron chi connectivity index (χ2n) is 5.01. The fraction of sp³-hybridized carbons (Fsp3) is 1.00. The maximum atomic E-state index is 5.49. The molecule has 0 aliphatic rings. The van der Waals surface area contributed by atoms with E-state index in [0.717, 1.165) is 19.6 Å². The molecule has 0 aliphatic heterocycles. The Kier molecular flexibility index (Phi) is 8.02. The summed E-state index contributed by atoms with van der Waals surface area (Å²) in [5.41, 5.74) is 0.341. The van der Waals surface area contributed by atoms with E-state index in [2.05, 4.69) is 26.1 Å². The Morgan fingerprint density at radius 1 is 1.13 bits per heavy atom. The molecule has 0 bridgehead atoms. The molecule has 1 N–H and O–H groups in total. The lowest BCUT2D eigenvalue weighted by Crippen LogP contribution is -2.31. The molecule has 0 aromatic rings. The standard InChI is InChI=1S/C12H27NO2/c1-12(2,3)11(10-13-4)6-7-15-9-8-14-5/h11,13H,6-10H2,1-5H3. The van der Waals surface area contributed by atoms with Crippen LogP contribution < -0.4 is 5.32 Å². The van der Waals surface area contributed by atoms with Gasteiger partial charge in [-0.05, 0) is 31.3 Å². The van der Waals surface area contributed by atoms with Crippen molar-refractivity contribution in [2.75, 3.05) is 40.5 Å². The molecule has 0 amide bonds. The third kappa shape index (κ3) is 7.77. The maximum absolute atomic E-state index is 5.49. The molecular weight excluding hydrogens is 190 g/mol. The van der Waals surface area contributed by atoms with Crippen molar-refractivity contribution in [1.29, 1.82) is 0 Å². The topological polar surface area (TPSA) is 30.5 Å². The van der Waals surface area contributed by atoms with Gasteiger partial charge in [-0.25, -0.2) is 0 Å². The van der Waals surface area contributed by atoms with Gasteiger partial charge in [0.15, 0.2) is 0 Å². The van der Waals surface area contributed by atoms with Gasteiger partial charge in [0.25, 0.3) is 0 Å². The molecule has 3 nitrogen and oxygen atoms in total. The highest BCUT2D eigenvalue weighted by molar-refractivity contribution is 4.75. The summed E-state index contributed by atoms with van der Waals surface area (Å²) in [6, 6.07) is 0. The number of hydrogen-bond donors (Lipinski definition) is 1. The van der Waals surface area contributed by atoms with Crippen molar-refractivity contribution >= 4 is 0 Å². The third-order valence-electron chi connectivity index (χ3n) is 2.72. The molecule has 1 atom stereocenters. The molecular formula is C12H27NO2. The summed E-state index contributed by atoms with van der Waals surface area (Å²) in [6.45, 7) is 10.1. The van der Waals surface area contributed by atoms with Crippen molar-refractivity contribution in [2.24, 2.45) is 11.3 Å². The summed E-state index contributed by atoms with van der Waals surface area (Å²) in [7, 11) is 3.70. The van der Waals surface area contributed by atoms with Gasteiger partial charge in [-0.2, -0.15) is 0 Å². The molecule has 1 unspecified atom stereocenters. The van der Waals surface area contributed by atoms with Gasteiger partial charge in [-0.1, -0.05) is 20.8 Å². The molecule has 0 spiro atoms. The number of ether oxygens (including phenoxy) is 2. The lowest BCUT2D eigenvalue weighted by atomic mass is 9.79. The smallest absolute Gasteiger partial charge is 0.0700 e. The zero-order chi connectivity index (χ0) is 11.7. The van der Waals surface area contributed by atoms with E-state index in [1.165, 1.54) is 0 Å². The predicted octanol–water partition coefficient (Wildman–Crippen LogP) is 1.92. The van der Waals surface area contributed by atoms with E-state index in [0.29, 0.717) is 24.5 Å². The second-order valence-corrected chi connectivity index (χ2v) is 5.01. The van der Waals surface area contributed by atoms with Crippen molar-refractivity contribution in [1.82, 2.24) is 5.32 Å². The van der Waals surface area contributed by atoms with Crippen molar-refractivity contribution < 1.29 is 9.47 Å². The van der Waals surface area contributed by atoms with Crippen LogP contribution in [0.1, 0.15) is 27.2 Å². The Morgan fingerprint density at radius 3 is 2.27 bits per heavy atom. The van der Waals surface area contributed by atoms with Crippen molar-refractivity contribution in [2.45, 2.75) is 27.2 Å². The SMILES string of the molecule is CNCC(CCOCCOC)C(C)(C)C. The third-order valence-corrected chi connectivity index (χ3v) is 2.72. The first kappa shape index (κ1) is 14.9. The molecule has 0 saturated heterocycles. The molecule has 0 radical (unpaired) electrons. The Bertz CT molecular complexity index is 143. The predicted molar refractivity (Wildman–Crippen MR) is 64.2 cm³/mol. The van der Waals surface area contributed by atoms with E-state index >= 15 is 0 Å². The number of nitrogens with one attached hydrogen (secondary N) is 1. The Balaban J connectivity index is 3.67. The van der Waals surface area contributed by atoms with Crippen LogP contribution in [0.3, 0.4) is 0 Å². The Labute approximate surface area is 94.5 Å². The molecule has 15 heavy (non-hydrogen) atoms. The Morgan fingerprint density at radius 2 is 1.80 bits per heavy atom. The fourth-order valence-electron chi connectivity index (χ4n) is 1.56. The van der Waals surface area contributed by atoms with Crippen LogP contribution in [0.25, 0.3) is 0 Å². The summed E-state index contributed by atoms with van der Waals surface area (Å²) >= 11 is 0. The van der Waals surface area contributed by atoms with Crippen LogP contribution in [0, 0.1) is 11.3 Å². The van der Waals surface area contributed by atoms with Gasteiger partial charge in [0.05, 0.1) is 13.2 Å². The van der Waals surface area contributed by atoms with Gasteiger partial charge in [-0.15, -0.1) is 0 Å². The monoisotopic (exact) mass is 217 g/mol. The zero-order valence-electron chi connectivity index (χ0n) is 10.9. The zero-order valence-corrected chi connectivity index (χ0v) is 10.9.